The average molecular weight is 277 g/mol. The fraction of sp³-hybridized carbons (Fsp3) is 0.667. The first-order chi connectivity index (χ1) is 9.70. The number of hydrogen-bond acceptors (Lipinski definition) is 4. The van der Waals surface area contributed by atoms with Gasteiger partial charge in [0.25, 0.3) is 5.91 Å². The van der Waals surface area contributed by atoms with Crippen LogP contribution < -0.4 is 0 Å². The normalized spacial score (nSPS) is 18.2. The van der Waals surface area contributed by atoms with Crippen LogP contribution in [0.2, 0.25) is 0 Å². The van der Waals surface area contributed by atoms with Crippen molar-refractivity contribution in [3.8, 4) is 0 Å². The lowest BCUT2D eigenvalue weighted by Gasteiger charge is -2.18. The van der Waals surface area contributed by atoms with Crippen molar-refractivity contribution in [1.29, 1.82) is 0 Å². The Hall–Kier alpha value is -1.49. The molecule has 0 radical (unpaired) electrons. The van der Waals surface area contributed by atoms with Gasteiger partial charge in [-0.1, -0.05) is 6.92 Å². The van der Waals surface area contributed by atoms with Gasteiger partial charge in [0, 0.05) is 39.0 Å². The molecule has 2 heterocycles. The molecule has 1 aromatic heterocycles. The van der Waals surface area contributed by atoms with Crippen LogP contribution in [0.4, 0.5) is 0 Å². The molecular weight excluding hydrogens is 254 g/mol. The highest BCUT2D eigenvalue weighted by molar-refractivity contribution is 5.93. The molecule has 1 fully saturated rings. The third kappa shape index (κ3) is 4.00. The van der Waals surface area contributed by atoms with Crippen LogP contribution in [-0.2, 0) is 11.2 Å². The van der Waals surface area contributed by atoms with Gasteiger partial charge < -0.3 is 9.64 Å². The standard InChI is InChI=1S/C15H23N3O2/c1-3-14-16-10-12(11-17-14)15(19)18(2)8-4-6-13-7-5-9-20-13/h10-11,13H,3-9H2,1-2H3/t13-/m0/s1. The smallest absolute Gasteiger partial charge is 0.256 e. The maximum Gasteiger partial charge on any atom is 0.256 e. The molecular formula is C15H23N3O2. The van der Waals surface area contributed by atoms with Crippen molar-refractivity contribution in [3.05, 3.63) is 23.8 Å². The molecule has 2 rings (SSSR count). The van der Waals surface area contributed by atoms with Crippen molar-refractivity contribution in [2.75, 3.05) is 20.2 Å². The average Bonchev–Trinajstić information content (AvgIpc) is 2.99. The lowest BCUT2D eigenvalue weighted by Crippen LogP contribution is -2.28. The van der Waals surface area contributed by atoms with Gasteiger partial charge in [-0.3, -0.25) is 4.79 Å². The minimum atomic E-state index is -0.0139. The zero-order valence-corrected chi connectivity index (χ0v) is 12.3. The summed E-state index contributed by atoms with van der Waals surface area (Å²) in [4.78, 5) is 22.3. The third-order valence-electron chi connectivity index (χ3n) is 3.66. The summed E-state index contributed by atoms with van der Waals surface area (Å²) in [5.41, 5.74) is 0.557. The molecule has 0 unspecified atom stereocenters. The summed E-state index contributed by atoms with van der Waals surface area (Å²) < 4.78 is 5.58. The van der Waals surface area contributed by atoms with Crippen molar-refractivity contribution < 1.29 is 9.53 Å². The fourth-order valence-electron chi connectivity index (χ4n) is 2.40. The molecule has 5 heteroatoms. The number of aromatic nitrogens is 2. The first-order valence-electron chi connectivity index (χ1n) is 7.38. The summed E-state index contributed by atoms with van der Waals surface area (Å²) in [5.74, 6) is 0.752. The van der Waals surface area contributed by atoms with E-state index in [0.717, 1.165) is 44.7 Å². The van der Waals surface area contributed by atoms with E-state index in [4.69, 9.17) is 4.74 Å². The van der Waals surface area contributed by atoms with Crippen LogP contribution in [0.25, 0.3) is 0 Å². The SMILES string of the molecule is CCc1ncc(C(=O)N(C)CCC[C@H]2CCCO2)cn1. The van der Waals surface area contributed by atoms with Gasteiger partial charge in [0.15, 0.2) is 0 Å². The molecule has 0 N–H and O–H groups in total. The molecule has 1 amide bonds. The van der Waals surface area contributed by atoms with Gasteiger partial charge in [-0.25, -0.2) is 9.97 Å². The summed E-state index contributed by atoms with van der Waals surface area (Å²) in [7, 11) is 1.82. The molecule has 1 aliphatic rings. The maximum absolute atomic E-state index is 12.2. The maximum atomic E-state index is 12.2. The molecule has 1 aromatic rings. The van der Waals surface area contributed by atoms with E-state index in [1.807, 2.05) is 14.0 Å². The van der Waals surface area contributed by atoms with Crippen molar-refractivity contribution in [2.45, 2.75) is 45.1 Å². The first kappa shape index (κ1) is 14.9. The first-order valence-corrected chi connectivity index (χ1v) is 7.38. The number of ether oxygens (including phenoxy) is 1. The van der Waals surface area contributed by atoms with Gasteiger partial charge in [0.2, 0.25) is 0 Å². The van der Waals surface area contributed by atoms with Gasteiger partial charge in [0.1, 0.15) is 5.82 Å². The van der Waals surface area contributed by atoms with E-state index in [1.165, 1.54) is 6.42 Å². The van der Waals surface area contributed by atoms with E-state index in [9.17, 15) is 4.79 Å². The fourth-order valence-corrected chi connectivity index (χ4v) is 2.40. The highest BCUT2D eigenvalue weighted by Gasteiger charge is 2.17. The molecule has 1 aliphatic heterocycles. The number of rotatable bonds is 6. The Labute approximate surface area is 120 Å². The van der Waals surface area contributed by atoms with E-state index >= 15 is 0 Å². The van der Waals surface area contributed by atoms with Crippen molar-refractivity contribution in [1.82, 2.24) is 14.9 Å². The molecule has 0 aromatic carbocycles. The molecule has 1 atom stereocenters. The van der Waals surface area contributed by atoms with Gasteiger partial charge >= 0.3 is 0 Å². The Morgan fingerprint density at radius 3 is 2.80 bits per heavy atom. The zero-order chi connectivity index (χ0) is 14.4. The summed E-state index contributed by atoms with van der Waals surface area (Å²) in [5, 5.41) is 0. The monoisotopic (exact) mass is 277 g/mol. The summed E-state index contributed by atoms with van der Waals surface area (Å²) >= 11 is 0. The van der Waals surface area contributed by atoms with E-state index in [1.54, 1.807) is 17.3 Å². The summed E-state index contributed by atoms with van der Waals surface area (Å²) in [6, 6.07) is 0. The van der Waals surface area contributed by atoms with Crippen molar-refractivity contribution in [3.63, 3.8) is 0 Å². The predicted molar refractivity (Wildman–Crippen MR) is 76.6 cm³/mol. The molecule has 0 bridgehead atoms. The largest absolute Gasteiger partial charge is 0.378 e. The Kier molecular flexibility index (Phi) is 5.47. The van der Waals surface area contributed by atoms with Crippen LogP contribution in [0.5, 0.6) is 0 Å². The van der Waals surface area contributed by atoms with Crippen molar-refractivity contribution >= 4 is 5.91 Å². The molecule has 0 saturated carbocycles. The topological polar surface area (TPSA) is 55.3 Å². The highest BCUT2D eigenvalue weighted by Crippen LogP contribution is 2.17. The van der Waals surface area contributed by atoms with E-state index in [0.29, 0.717) is 11.7 Å². The number of aryl methyl sites for hydroxylation is 1. The van der Waals surface area contributed by atoms with E-state index in [-0.39, 0.29) is 5.91 Å². The van der Waals surface area contributed by atoms with Crippen LogP contribution in [0.15, 0.2) is 12.4 Å². The number of carbonyl (C=O) groups is 1. The lowest BCUT2D eigenvalue weighted by molar-refractivity contribution is 0.0762. The second-order valence-electron chi connectivity index (χ2n) is 5.25. The molecule has 110 valence electrons. The number of nitrogens with zero attached hydrogens (tertiary/aromatic N) is 3. The van der Waals surface area contributed by atoms with E-state index < -0.39 is 0 Å². The Bertz CT molecular complexity index is 427. The van der Waals surface area contributed by atoms with Crippen LogP contribution in [0.1, 0.15) is 48.8 Å². The minimum absolute atomic E-state index is 0.0139. The molecule has 0 aliphatic carbocycles. The Morgan fingerprint density at radius 1 is 1.45 bits per heavy atom. The Balaban J connectivity index is 1.78. The minimum Gasteiger partial charge on any atom is -0.378 e. The second kappa shape index (κ2) is 7.33. The van der Waals surface area contributed by atoms with Crippen LogP contribution in [0, 0.1) is 0 Å². The number of amides is 1. The van der Waals surface area contributed by atoms with Crippen LogP contribution in [-0.4, -0.2) is 47.1 Å². The zero-order valence-electron chi connectivity index (χ0n) is 12.3. The predicted octanol–water partition coefficient (Wildman–Crippen LogP) is 2.07. The van der Waals surface area contributed by atoms with Gasteiger partial charge in [-0.15, -0.1) is 0 Å². The molecule has 1 saturated heterocycles. The van der Waals surface area contributed by atoms with Crippen LogP contribution in [0.3, 0.4) is 0 Å². The number of carbonyl (C=O) groups excluding carboxylic acids is 1. The molecule has 20 heavy (non-hydrogen) atoms. The lowest BCUT2D eigenvalue weighted by atomic mass is 10.1. The highest BCUT2D eigenvalue weighted by atomic mass is 16.5. The number of hydrogen-bond donors (Lipinski definition) is 0. The van der Waals surface area contributed by atoms with Gasteiger partial charge in [-0.2, -0.15) is 0 Å². The summed E-state index contributed by atoms with van der Waals surface area (Å²) in [6.45, 7) is 3.63. The van der Waals surface area contributed by atoms with Gasteiger partial charge in [-0.05, 0) is 25.7 Å². The van der Waals surface area contributed by atoms with Gasteiger partial charge in [0.05, 0.1) is 11.7 Å². The Morgan fingerprint density at radius 2 is 2.20 bits per heavy atom. The third-order valence-corrected chi connectivity index (χ3v) is 3.66. The quantitative estimate of drug-likeness (QED) is 0.798. The van der Waals surface area contributed by atoms with E-state index in [2.05, 4.69) is 9.97 Å². The second-order valence-corrected chi connectivity index (χ2v) is 5.25. The molecule has 0 spiro atoms. The molecule has 5 nitrogen and oxygen atoms in total. The van der Waals surface area contributed by atoms with Crippen molar-refractivity contribution in [2.24, 2.45) is 0 Å². The summed E-state index contributed by atoms with van der Waals surface area (Å²) in [6.07, 6.45) is 8.74. The van der Waals surface area contributed by atoms with Crippen LogP contribution >= 0.6 is 0 Å².